The van der Waals surface area contributed by atoms with E-state index in [0.29, 0.717) is 50.6 Å². The minimum atomic E-state index is -0.105. The predicted octanol–water partition coefficient (Wildman–Crippen LogP) is 2.66. The van der Waals surface area contributed by atoms with Gasteiger partial charge in [-0.15, -0.1) is 0 Å². The molecule has 0 aliphatic carbocycles. The van der Waals surface area contributed by atoms with Crippen LogP contribution in [0.15, 0.2) is 48.5 Å². The highest BCUT2D eigenvalue weighted by Gasteiger charge is 2.17. The van der Waals surface area contributed by atoms with Crippen molar-refractivity contribution in [1.82, 2.24) is 20.4 Å². The lowest BCUT2D eigenvalue weighted by atomic mass is 10.1. The number of carbonyl (C=O) groups excluding carboxylic acids is 2. The number of likely N-dealkylation sites (N-methyl/N-ethyl adjacent to an activating group) is 1. The average Bonchev–Trinajstić information content (AvgIpc) is 2.80. The third-order valence-corrected chi connectivity index (χ3v) is 5.58. The predicted molar refractivity (Wildman–Crippen MR) is 130 cm³/mol. The fourth-order valence-electron chi connectivity index (χ4n) is 3.78. The van der Waals surface area contributed by atoms with Crippen molar-refractivity contribution in [2.75, 3.05) is 46.9 Å². The van der Waals surface area contributed by atoms with E-state index in [4.69, 9.17) is 4.74 Å². The summed E-state index contributed by atoms with van der Waals surface area (Å²) in [5.41, 5.74) is 2.71. The SMILES string of the molecule is CN(C)CCNC(=O)c1ccc2c(c1)OCCCCCNC(=O)CN(Cc1ccccc1)C2. The zero-order valence-corrected chi connectivity index (χ0v) is 19.8. The molecule has 0 bridgehead atoms. The molecule has 0 saturated heterocycles. The van der Waals surface area contributed by atoms with Gasteiger partial charge in [-0.05, 0) is 51.1 Å². The van der Waals surface area contributed by atoms with Crippen molar-refractivity contribution in [1.29, 1.82) is 0 Å². The van der Waals surface area contributed by atoms with Gasteiger partial charge >= 0.3 is 0 Å². The Bertz CT molecular complexity index is 902. The number of ether oxygens (including phenoxy) is 1. The average molecular weight is 453 g/mol. The van der Waals surface area contributed by atoms with Gasteiger partial charge in [0, 0.05) is 43.9 Å². The molecule has 2 N–H and O–H groups in total. The summed E-state index contributed by atoms with van der Waals surface area (Å²) in [7, 11) is 3.96. The molecule has 0 fully saturated rings. The molecule has 0 aromatic heterocycles. The first kappa shape index (κ1) is 24.7. The summed E-state index contributed by atoms with van der Waals surface area (Å²) in [6, 6.07) is 15.8. The molecule has 178 valence electrons. The maximum absolute atomic E-state index is 12.6. The van der Waals surface area contributed by atoms with Crippen LogP contribution in [-0.2, 0) is 17.9 Å². The molecule has 3 rings (SSSR count). The fourth-order valence-corrected chi connectivity index (χ4v) is 3.78. The van der Waals surface area contributed by atoms with Crippen LogP contribution in [0.4, 0.5) is 0 Å². The third-order valence-electron chi connectivity index (χ3n) is 5.58. The fraction of sp³-hybridized carbons (Fsp3) is 0.462. The first-order chi connectivity index (χ1) is 16.0. The molecule has 7 nitrogen and oxygen atoms in total. The van der Waals surface area contributed by atoms with Gasteiger partial charge in [-0.2, -0.15) is 0 Å². The van der Waals surface area contributed by atoms with Crippen LogP contribution in [0, 0.1) is 0 Å². The number of nitrogens with zero attached hydrogens (tertiary/aromatic N) is 2. The Labute approximate surface area is 197 Å². The quantitative estimate of drug-likeness (QED) is 0.705. The second kappa shape index (κ2) is 13.0. The van der Waals surface area contributed by atoms with Crippen molar-refractivity contribution in [3.8, 4) is 5.75 Å². The zero-order valence-electron chi connectivity index (χ0n) is 19.8. The highest BCUT2D eigenvalue weighted by atomic mass is 16.5. The number of amides is 2. The number of hydrogen-bond donors (Lipinski definition) is 2. The van der Waals surface area contributed by atoms with Gasteiger partial charge in [-0.1, -0.05) is 36.4 Å². The molecule has 0 radical (unpaired) electrons. The molecule has 1 heterocycles. The third kappa shape index (κ3) is 8.51. The van der Waals surface area contributed by atoms with Crippen molar-refractivity contribution >= 4 is 11.8 Å². The van der Waals surface area contributed by atoms with Crippen LogP contribution in [0.5, 0.6) is 5.75 Å². The molecule has 2 aromatic rings. The summed E-state index contributed by atoms with van der Waals surface area (Å²) in [5, 5.41) is 6.00. The van der Waals surface area contributed by atoms with Crippen LogP contribution in [0.3, 0.4) is 0 Å². The molecule has 0 unspecified atom stereocenters. The van der Waals surface area contributed by atoms with Crippen molar-refractivity contribution in [3.05, 3.63) is 65.2 Å². The van der Waals surface area contributed by atoms with Crippen molar-refractivity contribution in [3.63, 3.8) is 0 Å². The minimum Gasteiger partial charge on any atom is -0.493 e. The van der Waals surface area contributed by atoms with Crippen LogP contribution in [0.2, 0.25) is 0 Å². The monoisotopic (exact) mass is 452 g/mol. The molecule has 0 atom stereocenters. The number of hydrogen-bond acceptors (Lipinski definition) is 5. The molecule has 2 amide bonds. The Morgan fingerprint density at radius 3 is 2.70 bits per heavy atom. The van der Waals surface area contributed by atoms with Gasteiger partial charge in [0.25, 0.3) is 5.91 Å². The number of fused-ring (bicyclic) bond motifs is 1. The summed E-state index contributed by atoms with van der Waals surface area (Å²) in [5.74, 6) is 0.643. The maximum atomic E-state index is 12.6. The first-order valence-electron chi connectivity index (χ1n) is 11.7. The Balaban J connectivity index is 1.80. The van der Waals surface area contributed by atoms with Crippen molar-refractivity contribution in [2.45, 2.75) is 32.4 Å². The van der Waals surface area contributed by atoms with E-state index >= 15 is 0 Å². The summed E-state index contributed by atoms with van der Waals surface area (Å²) < 4.78 is 6.14. The number of rotatable bonds is 6. The Morgan fingerprint density at radius 2 is 1.91 bits per heavy atom. The van der Waals surface area contributed by atoms with E-state index in [1.54, 1.807) is 0 Å². The Morgan fingerprint density at radius 1 is 1.09 bits per heavy atom. The summed E-state index contributed by atoms with van der Waals surface area (Å²) in [6.45, 7) is 4.16. The molecule has 1 aliphatic rings. The Kier molecular flexibility index (Phi) is 9.72. The molecule has 2 aromatic carbocycles. The second-order valence-electron chi connectivity index (χ2n) is 8.77. The number of carbonyl (C=O) groups is 2. The lowest BCUT2D eigenvalue weighted by molar-refractivity contribution is -0.122. The lowest BCUT2D eigenvalue weighted by Gasteiger charge is -2.23. The molecule has 1 aliphatic heterocycles. The van der Waals surface area contributed by atoms with Gasteiger partial charge in [0.05, 0.1) is 13.2 Å². The van der Waals surface area contributed by atoms with Gasteiger partial charge < -0.3 is 20.3 Å². The maximum Gasteiger partial charge on any atom is 0.251 e. The molecule has 0 spiro atoms. The van der Waals surface area contributed by atoms with Crippen LogP contribution in [0.25, 0.3) is 0 Å². The van der Waals surface area contributed by atoms with Crippen LogP contribution in [0.1, 0.15) is 40.7 Å². The lowest BCUT2D eigenvalue weighted by Crippen LogP contribution is -2.37. The minimum absolute atomic E-state index is 0.0320. The van der Waals surface area contributed by atoms with Gasteiger partial charge in [0.1, 0.15) is 5.75 Å². The smallest absolute Gasteiger partial charge is 0.251 e. The van der Waals surface area contributed by atoms with Crippen molar-refractivity contribution < 1.29 is 14.3 Å². The largest absolute Gasteiger partial charge is 0.493 e. The van der Waals surface area contributed by atoms with Gasteiger partial charge in [0.2, 0.25) is 5.91 Å². The summed E-state index contributed by atoms with van der Waals surface area (Å²) in [4.78, 5) is 29.3. The van der Waals surface area contributed by atoms with Crippen LogP contribution in [-0.4, -0.2) is 68.5 Å². The van der Waals surface area contributed by atoms with Gasteiger partial charge in [-0.3, -0.25) is 14.5 Å². The molecule has 33 heavy (non-hydrogen) atoms. The molecular weight excluding hydrogens is 416 g/mol. The van der Waals surface area contributed by atoms with Crippen LogP contribution < -0.4 is 15.4 Å². The topological polar surface area (TPSA) is 73.9 Å². The van der Waals surface area contributed by atoms with Gasteiger partial charge in [0.15, 0.2) is 0 Å². The highest BCUT2D eigenvalue weighted by molar-refractivity contribution is 5.94. The number of benzene rings is 2. The summed E-state index contributed by atoms with van der Waals surface area (Å²) in [6.07, 6.45) is 2.81. The first-order valence-corrected chi connectivity index (χ1v) is 11.7. The number of nitrogens with one attached hydrogen (secondary N) is 2. The normalized spacial score (nSPS) is 15.9. The van der Waals surface area contributed by atoms with E-state index in [-0.39, 0.29) is 11.8 Å². The van der Waals surface area contributed by atoms with Gasteiger partial charge in [-0.25, -0.2) is 0 Å². The van der Waals surface area contributed by atoms with Crippen LogP contribution >= 0.6 is 0 Å². The Hall–Kier alpha value is -2.90. The van der Waals surface area contributed by atoms with E-state index in [0.717, 1.165) is 36.9 Å². The van der Waals surface area contributed by atoms with E-state index < -0.39 is 0 Å². The molecule has 7 heteroatoms. The van der Waals surface area contributed by atoms with E-state index in [1.807, 2.05) is 55.4 Å². The molecular formula is C26H36N4O3. The van der Waals surface area contributed by atoms with E-state index in [2.05, 4.69) is 27.7 Å². The standard InChI is InChI=1S/C26H36N4O3/c1-29(2)15-14-28-26(32)22-11-12-23-19-30(18-21-9-5-3-6-10-21)20-25(31)27-13-7-4-8-16-33-24(23)17-22/h3,5-6,9-12,17H,4,7-8,13-16,18-20H2,1-2H3,(H,27,31)(H,28,32). The van der Waals surface area contributed by atoms with E-state index in [9.17, 15) is 9.59 Å². The summed E-state index contributed by atoms with van der Waals surface area (Å²) >= 11 is 0. The van der Waals surface area contributed by atoms with E-state index in [1.165, 1.54) is 0 Å². The zero-order chi connectivity index (χ0) is 23.5. The highest BCUT2D eigenvalue weighted by Crippen LogP contribution is 2.24. The second-order valence-corrected chi connectivity index (χ2v) is 8.77. The molecule has 0 saturated carbocycles. The van der Waals surface area contributed by atoms with Crippen molar-refractivity contribution in [2.24, 2.45) is 0 Å².